The minimum absolute atomic E-state index is 0.0513. The number of aromatic nitrogens is 2. The predicted octanol–water partition coefficient (Wildman–Crippen LogP) is 2.84. The van der Waals surface area contributed by atoms with E-state index in [-0.39, 0.29) is 29.7 Å². The van der Waals surface area contributed by atoms with E-state index in [1.54, 1.807) is 11.5 Å². The summed E-state index contributed by atoms with van der Waals surface area (Å²) in [5, 5.41) is 7.85. The van der Waals surface area contributed by atoms with Crippen LogP contribution in [0.3, 0.4) is 0 Å². The van der Waals surface area contributed by atoms with Crippen LogP contribution in [0.1, 0.15) is 18.7 Å². The van der Waals surface area contributed by atoms with Crippen LogP contribution in [-0.4, -0.2) is 46.2 Å². The topological polar surface area (TPSA) is 91.3 Å². The van der Waals surface area contributed by atoms with Gasteiger partial charge < -0.3 is 16.0 Å². The molecule has 1 amide bonds. The molecule has 3 N–H and O–H groups in total. The van der Waals surface area contributed by atoms with Crippen molar-refractivity contribution >= 4 is 47.4 Å². The van der Waals surface area contributed by atoms with Gasteiger partial charge in [0.25, 0.3) is 0 Å². The van der Waals surface area contributed by atoms with Gasteiger partial charge in [0.05, 0.1) is 12.1 Å². The molecule has 1 aromatic rings. The molecule has 0 aromatic carbocycles. The highest BCUT2D eigenvalue weighted by molar-refractivity contribution is 7.80. The zero-order chi connectivity index (χ0) is 21.9. The Balaban J connectivity index is 1.78. The molecule has 2 aliphatic heterocycles. The second-order valence-corrected chi connectivity index (χ2v) is 7.46. The fourth-order valence-electron chi connectivity index (χ4n) is 2.92. The minimum atomic E-state index is -4.56. The fourth-order valence-corrected chi connectivity index (χ4v) is 3.38. The molecule has 2 aliphatic rings. The monoisotopic (exact) mass is 464 g/mol. The number of nitrogens with zero attached hydrogens (tertiary/aromatic N) is 3. The summed E-state index contributed by atoms with van der Waals surface area (Å²) in [6, 6.07) is -1.16. The highest BCUT2D eigenvalue weighted by atomic mass is 35.5. The van der Waals surface area contributed by atoms with Gasteiger partial charge in [-0.3, -0.25) is 4.79 Å². The smallest absolute Gasteiger partial charge is 0.356 e. The maximum Gasteiger partial charge on any atom is 0.405 e. The van der Waals surface area contributed by atoms with Gasteiger partial charge in [-0.2, -0.15) is 25.8 Å². The standard InChI is InChI=1S/C17H17ClF4N6OS/c18-8-3-9-10(5-24-13(9)23-4-8)14-25-6-11(19)15(28-14)27-12(1-2-30)16(29)26-7-17(20,21)22/h4-6,9,12,30H,1-3,7H2,(H,23,24)(H,26,29)(H,25,27,28)/t9?,12-/m1/s1. The largest absolute Gasteiger partial charge is 0.405 e. The lowest BCUT2D eigenvalue weighted by atomic mass is 9.95. The minimum Gasteiger partial charge on any atom is -0.356 e. The third-order valence-corrected chi connectivity index (χ3v) is 4.84. The number of rotatable bonds is 7. The number of carbonyl (C=O) groups is 1. The first-order chi connectivity index (χ1) is 14.2. The van der Waals surface area contributed by atoms with E-state index in [2.05, 4.69) is 38.2 Å². The van der Waals surface area contributed by atoms with Gasteiger partial charge in [0.2, 0.25) is 5.91 Å². The van der Waals surface area contributed by atoms with E-state index in [0.717, 1.165) is 6.20 Å². The van der Waals surface area contributed by atoms with Gasteiger partial charge in [0.15, 0.2) is 17.5 Å². The van der Waals surface area contributed by atoms with Gasteiger partial charge in [-0.15, -0.1) is 0 Å². The molecule has 3 rings (SSSR count). The average molecular weight is 465 g/mol. The molecular weight excluding hydrogens is 448 g/mol. The van der Waals surface area contributed by atoms with Crippen LogP contribution in [0.4, 0.5) is 23.4 Å². The van der Waals surface area contributed by atoms with E-state index < -0.39 is 30.5 Å². The summed E-state index contributed by atoms with van der Waals surface area (Å²) in [6.07, 6.45) is 0.0284. The van der Waals surface area contributed by atoms with Crippen LogP contribution in [0.15, 0.2) is 28.6 Å². The second kappa shape index (κ2) is 9.21. The summed E-state index contributed by atoms with van der Waals surface area (Å²) in [7, 11) is 0. The number of carbonyl (C=O) groups excluding carboxylic acids is 1. The lowest BCUT2D eigenvalue weighted by Gasteiger charge is -2.20. The Hall–Kier alpha value is -2.34. The lowest BCUT2D eigenvalue weighted by Crippen LogP contribution is -2.44. The Bertz CT molecular complexity index is 920. The first-order valence-electron chi connectivity index (χ1n) is 8.81. The molecular formula is C17H17ClF4N6OS. The summed E-state index contributed by atoms with van der Waals surface area (Å²) in [5.74, 6) is -1.33. The molecule has 3 heterocycles. The van der Waals surface area contributed by atoms with E-state index in [9.17, 15) is 22.4 Å². The lowest BCUT2D eigenvalue weighted by molar-refractivity contribution is -0.138. The molecule has 0 fully saturated rings. The first-order valence-corrected chi connectivity index (χ1v) is 9.82. The number of allylic oxidation sites excluding steroid dienone is 1. The number of halogens is 5. The van der Waals surface area contributed by atoms with E-state index in [0.29, 0.717) is 22.9 Å². The number of fused-ring (bicyclic) bond motifs is 1. The number of thiol groups is 1. The molecule has 0 saturated heterocycles. The van der Waals surface area contributed by atoms with Crippen molar-refractivity contribution in [2.75, 3.05) is 17.6 Å². The molecule has 30 heavy (non-hydrogen) atoms. The van der Waals surface area contributed by atoms with Crippen molar-refractivity contribution in [2.24, 2.45) is 10.9 Å². The molecule has 0 bridgehead atoms. The van der Waals surface area contributed by atoms with Crippen molar-refractivity contribution in [3.8, 4) is 0 Å². The molecule has 13 heteroatoms. The molecule has 2 atom stereocenters. The maximum absolute atomic E-state index is 14.3. The SMILES string of the molecule is O=C(NCC(F)(F)F)[C@@H](CCS)Nc1nc(C2=CNC3=NC=C(Cl)CC23)ncc1F. The van der Waals surface area contributed by atoms with Gasteiger partial charge in [-0.1, -0.05) is 11.6 Å². The van der Waals surface area contributed by atoms with Crippen LogP contribution in [0.5, 0.6) is 0 Å². The summed E-state index contributed by atoms with van der Waals surface area (Å²) >= 11 is 10.1. The third kappa shape index (κ3) is 5.42. The number of amides is 1. The molecule has 0 radical (unpaired) electrons. The van der Waals surface area contributed by atoms with Crippen LogP contribution in [0.25, 0.3) is 5.57 Å². The van der Waals surface area contributed by atoms with Gasteiger partial charge in [0.1, 0.15) is 18.4 Å². The van der Waals surface area contributed by atoms with Gasteiger partial charge in [0, 0.05) is 23.0 Å². The summed E-state index contributed by atoms with van der Waals surface area (Å²) in [5.41, 5.74) is 0.621. The van der Waals surface area contributed by atoms with Crippen molar-refractivity contribution in [2.45, 2.75) is 25.1 Å². The van der Waals surface area contributed by atoms with E-state index in [1.165, 1.54) is 6.20 Å². The van der Waals surface area contributed by atoms with E-state index >= 15 is 0 Å². The summed E-state index contributed by atoms with van der Waals surface area (Å²) < 4.78 is 51.4. The first kappa shape index (κ1) is 22.3. The van der Waals surface area contributed by atoms with Gasteiger partial charge in [-0.25, -0.2) is 19.4 Å². The maximum atomic E-state index is 14.3. The predicted molar refractivity (Wildman–Crippen MR) is 108 cm³/mol. The zero-order valence-electron chi connectivity index (χ0n) is 15.3. The molecule has 0 aliphatic carbocycles. The molecule has 0 saturated carbocycles. The normalized spacial score (nSPS) is 19.1. The Morgan fingerprint density at radius 1 is 1.43 bits per heavy atom. The number of anilines is 1. The molecule has 7 nitrogen and oxygen atoms in total. The van der Waals surface area contributed by atoms with Crippen LogP contribution < -0.4 is 16.0 Å². The van der Waals surface area contributed by atoms with Crippen molar-refractivity contribution < 1.29 is 22.4 Å². The third-order valence-electron chi connectivity index (χ3n) is 4.33. The molecule has 0 spiro atoms. The Kier molecular flexibility index (Phi) is 6.86. The summed E-state index contributed by atoms with van der Waals surface area (Å²) in [4.78, 5) is 24.4. The quantitative estimate of drug-likeness (QED) is 0.368. The van der Waals surface area contributed by atoms with Gasteiger partial charge >= 0.3 is 6.18 Å². The number of amidine groups is 1. The average Bonchev–Trinajstić information content (AvgIpc) is 3.09. The molecule has 1 unspecified atom stereocenters. The van der Waals surface area contributed by atoms with Crippen LogP contribution in [0.2, 0.25) is 0 Å². The number of hydrogen-bond donors (Lipinski definition) is 4. The summed E-state index contributed by atoms with van der Waals surface area (Å²) in [6.45, 7) is -1.50. The van der Waals surface area contributed by atoms with Crippen LogP contribution >= 0.6 is 24.2 Å². The van der Waals surface area contributed by atoms with Crippen molar-refractivity contribution in [1.29, 1.82) is 0 Å². The zero-order valence-corrected chi connectivity index (χ0v) is 17.0. The van der Waals surface area contributed by atoms with Crippen molar-refractivity contribution in [3.05, 3.63) is 35.3 Å². The van der Waals surface area contributed by atoms with Crippen molar-refractivity contribution in [3.63, 3.8) is 0 Å². The molecule has 162 valence electrons. The van der Waals surface area contributed by atoms with Crippen molar-refractivity contribution in [1.82, 2.24) is 20.6 Å². The second-order valence-electron chi connectivity index (χ2n) is 6.52. The number of aliphatic imine (C=N–C) groups is 1. The number of hydrogen-bond acceptors (Lipinski definition) is 7. The number of alkyl halides is 3. The Morgan fingerprint density at radius 2 is 2.20 bits per heavy atom. The van der Waals surface area contributed by atoms with E-state index in [1.807, 2.05) is 0 Å². The Morgan fingerprint density at radius 3 is 2.90 bits per heavy atom. The number of nitrogens with one attached hydrogen (secondary N) is 3. The fraction of sp³-hybridized carbons (Fsp3) is 0.412. The highest BCUT2D eigenvalue weighted by Gasteiger charge is 2.32. The van der Waals surface area contributed by atoms with Crippen LogP contribution in [-0.2, 0) is 4.79 Å². The van der Waals surface area contributed by atoms with Crippen LogP contribution in [0, 0.1) is 11.7 Å². The highest BCUT2D eigenvalue weighted by Crippen LogP contribution is 2.34. The van der Waals surface area contributed by atoms with Gasteiger partial charge in [-0.05, 0) is 18.6 Å². The molecule has 1 aromatic heterocycles. The van der Waals surface area contributed by atoms with E-state index in [4.69, 9.17) is 11.6 Å². The Labute approximate surface area is 179 Å².